The number of halogens is 1. The van der Waals surface area contributed by atoms with E-state index in [-0.39, 0.29) is 5.69 Å². The third-order valence-electron chi connectivity index (χ3n) is 2.96. The average molecular weight is 294 g/mol. The van der Waals surface area contributed by atoms with Crippen molar-refractivity contribution in [3.05, 3.63) is 53.8 Å². The molecule has 0 saturated carbocycles. The highest BCUT2D eigenvalue weighted by Gasteiger charge is 2.25. The molecule has 0 radical (unpaired) electrons. The molecule has 0 bridgehead atoms. The fraction of sp³-hybridized carbons (Fsp3) is 0.143. The van der Waals surface area contributed by atoms with Gasteiger partial charge >= 0.3 is 0 Å². The van der Waals surface area contributed by atoms with E-state index in [9.17, 15) is 12.8 Å². The first-order valence-corrected chi connectivity index (χ1v) is 7.37. The lowest BCUT2D eigenvalue weighted by atomic mass is 10.2. The van der Waals surface area contributed by atoms with Crippen molar-refractivity contribution in [3.63, 3.8) is 0 Å². The Balaban J connectivity index is 2.52. The molecule has 2 N–H and O–H groups in total. The van der Waals surface area contributed by atoms with E-state index in [1.165, 1.54) is 13.1 Å². The van der Waals surface area contributed by atoms with Crippen LogP contribution in [0.25, 0.3) is 0 Å². The van der Waals surface area contributed by atoms with E-state index in [4.69, 9.17) is 5.73 Å². The lowest BCUT2D eigenvalue weighted by Crippen LogP contribution is -2.27. The van der Waals surface area contributed by atoms with Gasteiger partial charge in [0.05, 0.1) is 5.69 Å². The van der Waals surface area contributed by atoms with Crippen LogP contribution in [0, 0.1) is 12.7 Å². The number of rotatable bonds is 3. The third-order valence-corrected chi connectivity index (χ3v) is 4.76. The van der Waals surface area contributed by atoms with Gasteiger partial charge in [0.2, 0.25) is 0 Å². The van der Waals surface area contributed by atoms with E-state index in [1.807, 2.05) is 13.0 Å². The molecular weight excluding hydrogens is 279 g/mol. The second-order valence-corrected chi connectivity index (χ2v) is 6.44. The maximum absolute atomic E-state index is 13.8. The molecule has 0 aromatic heterocycles. The Hall–Kier alpha value is -2.08. The summed E-state index contributed by atoms with van der Waals surface area (Å²) in [6.07, 6.45) is 0. The smallest absolute Gasteiger partial charge is 0.267 e. The van der Waals surface area contributed by atoms with Gasteiger partial charge < -0.3 is 5.73 Å². The van der Waals surface area contributed by atoms with Crippen LogP contribution in [0.4, 0.5) is 15.8 Å². The Morgan fingerprint density at radius 3 is 2.50 bits per heavy atom. The number of nitrogen functional groups attached to an aromatic ring is 1. The van der Waals surface area contributed by atoms with Crippen LogP contribution in [0.2, 0.25) is 0 Å². The monoisotopic (exact) mass is 294 g/mol. The number of aryl methyl sites for hydroxylation is 1. The molecule has 0 fully saturated rings. The van der Waals surface area contributed by atoms with Gasteiger partial charge in [-0.2, -0.15) is 0 Å². The molecule has 0 unspecified atom stereocenters. The quantitative estimate of drug-likeness (QED) is 0.885. The first-order valence-electron chi connectivity index (χ1n) is 5.93. The van der Waals surface area contributed by atoms with E-state index in [2.05, 4.69) is 0 Å². The molecule has 0 heterocycles. The van der Waals surface area contributed by atoms with Crippen molar-refractivity contribution >= 4 is 21.4 Å². The highest BCUT2D eigenvalue weighted by Crippen LogP contribution is 2.25. The minimum Gasteiger partial charge on any atom is -0.399 e. The number of benzene rings is 2. The summed E-state index contributed by atoms with van der Waals surface area (Å²) in [5.41, 5.74) is 7.11. The van der Waals surface area contributed by atoms with Crippen molar-refractivity contribution in [2.24, 2.45) is 0 Å². The minimum absolute atomic E-state index is 0.197. The molecule has 0 aliphatic rings. The van der Waals surface area contributed by atoms with E-state index in [0.29, 0.717) is 5.69 Å². The molecule has 106 valence electrons. The number of hydrogen-bond donors (Lipinski definition) is 1. The van der Waals surface area contributed by atoms with Crippen molar-refractivity contribution in [1.82, 2.24) is 0 Å². The van der Waals surface area contributed by atoms with Gasteiger partial charge in [0.1, 0.15) is 10.7 Å². The minimum atomic E-state index is -3.98. The molecule has 2 aromatic rings. The Morgan fingerprint density at radius 1 is 1.15 bits per heavy atom. The van der Waals surface area contributed by atoms with Crippen LogP contribution in [0.3, 0.4) is 0 Å². The SMILES string of the molecule is Cc1cccc(N(C)S(=O)(=O)c2cc(N)ccc2F)c1. The molecule has 4 nitrogen and oxygen atoms in total. The second kappa shape index (κ2) is 5.13. The van der Waals surface area contributed by atoms with Crippen LogP contribution in [-0.2, 0) is 10.0 Å². The van der Waals surface area contributed by atoms with Gasteiger partial charge in [-0.1, -0.05) is 12.1 Å². The first-order chi connectivity index (χ1) is 9.32. The van der Waals surface area contributed by atoms with Crippen molar-refractivity contribution in [1.29, 1.82) is 0 Å². The number of sulfonamides is 1. The zero-order valence-corrected chi connectivity index (χ0v) is 12.0. The Kier molecular flexibility index (Phi) is 3.67. The van der Waals surface area contributed by atoms with Crippen molar-refractivity contribution in [2.75, 3.05) is 17.1 Å². The third kappa shape index (κ3) is 2.60. The van der Waals surface area contributed by atoms with Crippen LogP contribution >= 0.6 is 0 Å². The van der Waals surface area contributed by atoms with E-state index < -0.39 is 20.7 Å². The Labute approximate surface area is 117 Å². The van der Waals surface area contributed by atoms with Crippen LogP contribution in [-0.4, -0.2) is 15.5 Å². The standard InChI is InChI=1S/C14H15FN2O2S/c1-10-4-3-5-12(8-10)17(2)20(18,19)14-9-11(16)6-7-13(14)15/h3-9H,16H2,1-2H3. The van der Waals surface area contributed by atoms with Gasteiger partial charge in [-0.3, -0.25) is 4.31 Å². The fourth-order valence-electron chi connectivity index (χ4n) is 1.83. The molecular formula is C14H15FN2O2S. The molecule has 0 amide bonds. The zero-order chi connectivity index (χ0) is 14.9. The normalized spacial score (nSPS) is 11.3. The number of hydrogen-bond acceptors (Lipinski definition) is 3. The molecule has 0 spiro atoms. The number of nitrogens with two attached hydrogens (primary N) is 1. The summed E-state index contributed by atoms with van der Waals surface area (Å²) >= 11 is 0. The first kappa shape index (κ1) is 14.3. The van der Waals surface area contributed by atoms with E-state index in [0.717, 1.165) is 22.0 Å². The number of nitrogens with zero attached hydrogens (tertiary/aromatic N) is 1. The predicted molar refractivity (Wildman–Crippen MR) is 77.6 cm³/mol. The molecule has 2 rings (SSSR count). The van der Waals surface area contributed by atoms with Gasteiger partial charge in [-0.05, 0) is 42.8 Å². The molecule has 0 atom stereocenters. The summed E-state index contributed by atoms with van der Waals surface area (Å²) < 4.78 is 39.7. The highest BCUT2D eigenvalue weighted by atomic mass is 32.2. The maximum Gasteiger partial charge on any atom is 0.267 e. The molecule has 0 saturated heterocycles. The Morgan fingerprint density at radius 2 is 1.85 bits per heavy atom. The van der Waals surface area contributed by atoms with Crippen molar-refractivity contribution < 1.29 is 12.8 Å². The lowest BCUT2D eigenvalue weighted by Gasteiger charge is -2.20. The molecule has 0 aliphatic carbocycles. The topological polar surface area (TPSA) is 63.4 Å². The van der Waals surface area contributed by atoms with E-state index >= 15 is 0 Å². The summed E-state index contributed by atoms with van der Waals surface area (Å²) in [7, 11) is -2.60. The molecule has 2 aromatic carbocycles. The second-order valence-electron chi connectivity index (χ2n) is 4.50. The molecule has 6 heteroatoms. The predicted octanol–water partition coefficient (Wildman–Crippen LogP) is 2.54. The highest BCUT2D eigenvalue weighted by molar-refractivity contribution is 7.92. The fourth-order valence-corrected chi connectivity index (χ4v) is 3.11. The van der Waals surface area contributed by atoms with Crippen LogP contribution < -0.4 is 10.0 Å². The van der Waals surface area contributed by atoms with Crippen LogP contribution in [0.15, 0.2) is 47.4 Å². The van der Waals surface area contributed by atoms with Gasteiger partial charge in [-0.15, -0.1) is 0 Å². The van der Waals surface area contributed by atoms with Crippen molar-refractivity contribution in [3.8, 4) is 0 Å². The lowest BCUT2D eigenvalue weighted by molar-refractivity contribution is 0.566. The van der Waals surface area contributed by atoms with Gasteiger partial charge in [0, 0.05) is 12.7 Å². The molecule has 0 aliphatic heterocycles. The maximum atomic E-state index is 13.8. The van der Waals surface area contributed by atoms with E-state index in [1.54, 1.807) is 18.2 Å². The summed E-state index contributed by atoms with van der Waals surface area (Å²) in [5.74, 6) is -0.821. The van der Waals surface area contributed by atoms with Gasteiger partial charge in [-0.25, -0.2) is 12.8 Å². The largest absolute Gasteiger partial charge is 0.399 e. The summed E-state index contributed by atoms with van der Waals surface area (Å²) in [4.78, 5) is -0.429. The summed E-state index contributed by atoms with van der Waals surface area (Å²) in [6.45, 7) is 1.85. The number of anilines is 2. The van der Waals surface area contributed by atoms with Crippen molar-refractivity contribution in [2.45, 2.75) is 11.8 Å². The zero-order valence-electron chi connectivity index (χ0n) is 11.2. The summed E-state index contributed by atoms with van der Waals surface area (Å²) in [6, 6.07) is 10.4. The van der Waals surface area contributed by atoms with Gasteiger partial charge in [0.25, 0.3) is 10.0 Å². The van der Waals surface area contributed by atoms with Crippen LogP contribution in [0.5, 0.6) is 0 Å². The Bertz CT molecular complexity index is 745. The van der Waals surface area contributed by atoms with Crippen LogP contribution in [0.1, 0.15) is 5.56 Å². The summed E-state index contributed by atoms with van der Waals surface area (Å²) in [5, 5.41) is 0. The molecule has 20 heavy (non-hydrogen) atoms. The van der Waals surface area contributed by atoms with Gasteiger partial charge in [0.15, 0.2) is 0 Å². The average Bonchev–Trinajstić information content (AvgIpc) is 2.40.